The lowest BCUT2D eigenvalue weighted by atomic mass is 10.1. The zero-order valence-corrected chi connectivity index (χ0v) is 15.7. The number of carbonyl (C=O) groups is 3. The van der Waals surface area contributed by atoms with Crippen molar-refractivity contribution in [2.75, 3.05) is 6.54 Å². The van der Waals surface area contributed by atoms with Crippen molar-refractivity contribution >= 4 is 29.4 Å². The molecule has 0 aliphatic rings. The number of ether oxygens (including phenoxy) is 1. The van der Waals surface area contributed by atoms with Gasteiger partial charge in [0.2, 0.25) is 0 Å². The van der Waals surface area contributed by atoms with Crippen molar-refractivity contribution in [3.63, 3.8) is 0 Å². The van der Waals surface area contributed by atoms with Crippen LogP contribution in [0.4, 0.5) is 0 Å². The van der Waals surface area contributed by atoms with Crippen LogP contribution >= 0.6 is 11.6 Å². The third-order valence-electron chi connectivity index (χ3n) is 3.61. The summed E-state index contributed by atoms with van der Waals surface area (Å²) in [6.45, 7) is 3.38. The molecule has 1 aromatic carbocycles. The molecule has 0 bridgehead atoms. The minimum absolute atomic E-state index is 0.0826. The maximum atomic E-state index is 12.0. The van der Waals surface area contributed by atoms with E-state index in [1.807, 2.05) is 31.2 Å². The van der Waals surface area contributed by atoms with Crippen LogP contribution in [0.3, 0.4) is 0 Å². The number of nitrogens with zero attached hydrogens (tertiary/aromatic N) is 1. The van der Waals surface area contributed by atoms with Crippen molar-refractivity contribution in [2.45, 2.75) is 26.5 Å². The molecule has 2 rings (SSSR count). The maximum absolute atomic E-state index is 12.0. The first kappa shape index (κ1) is 20.4. The van der Waals surface area contributed by atoms with Gasteiger partial charge in [-0.3, -0.25) is 19.4 Å². The number of benzene rings is 1. The van der Waals surface area contributed by atoms with Gasteiger partial charge in [-0.1, -0.05) is 41.4 Å². The number of esters is 1. The molecule has 142 valence electrons. The Balaban J connectivity index is 1.74. The first-order chi connectivity index (χ1) is 12.8. The first-order valence-electron chi connectivity index (χ1n) is 8.27. The van der Waals surface area contributed by atoms with Crippen molar-refractivity contribution < 1.29 is 19.1 Å². The molecule has 0 aliphatic carbocycles. The van der Waals surface area contributed by atoms with Crippen LogP contribution in [0.5, 0.6) is 0 Å². The van der Waals surface area contributed by atoms with Crippen LogP contribution in [0.15, 0.2) is 42.6 Å². The third kappa shape index (κ3) is 6.71. The average molecular weight is 390 g/mol. The largest absolute Gasteiger partial charge is 0.451 e. The number of aryl methyl sites for hydroxylation is 1. The second kappa shape index (κ2) is 9.68. The topological polar surface area (TPSA) is 97.4 Å². The predicted molar refractivity (Wildman–Crippen MR) is 100 cm³/mol. The Morgan fingerprint density at radius 1 is 1.15 bits per heavy atom. The van der Waals surface area contributed by atoms with Crippen molar-refractivity contribution in [1.29, 1.82) is 0 Å². The molecule has 0 fully saturated rings. The number of rotatable bonds is 7. The minimum Gasteiger partial charge on any atom is -0.451 e. The highest BCUT2D eigenvalue weighted by molar-refractivity contribution is 6.30. The Hall–Kier alpha value is -2.93. The van der Waals surface area contributed by atoms with E-state index in [1.165, 1.54) is 25.3 Å². The SMILES string of the molecule is Cc1ccc(CNC(=O)[C@H](C)OC(=O)CNC(=O)c2cc(Cl)ccn2)cc1. The molecular weight excluding hydrogens is 370 g/mol. The number of halogens is 1. The number of hydrogen-bond acceptors (Lipinski definition) is 5. The highest BCUT2D eigenvalue weighted by Gasteiger charge is 2.18. The quantitative estimate of drug-likeness (QED) is 0.706. The van der Waals surface area contributed by atoms with Crippen molar-refractivity contribution in [1.82, 2.24) is 15.6 Å². The van der Waals surface area contributed by atoms with E-state index in [0.717, 1.165) is 11.1 Å². The summed E-state index contributed by atoms with van der Waals surface area (Å²) in [6, 6.07) is 10.6. The van der Waals surface area contributed by atoms with Gasteiger partial charge in [-0.05, 0) is 31.5 Å². The Bertz CT molecular complexity index is 824. The summed E-state index contributed by atoms with van der Waals surface area (Å²) in [4.78, 5) is 39.6. The molecule has 8 heteroatoms. The maximum Gasteiger partial charge on any atom is 0.326 e. The predicted octanol–water partition coefficient (Wildman–Crippen LogP) is 2.02. The molecule has 2 N–H and O–H groups in total. The normalized spacial score (nSPS) is 11.4. The number of nitrogens with one attached hydrogen (secondary N) is 2. The summed E-state index contributed by atoms with van der Waals surface area (Å²) < 4.78 is 5.02. The van der Waals surface area contributed by atoms with Crippen LogP contribution in [-0.4, -0.2) is 35.4 Å². The van der Waals surface area contributed by atoms with Crippen LogP contribution in [0.1, 0.15) is 28.5 Å². The zero-order valence-electron chi connectivity index (χ0n) is 15.0. The molecule has 0 saturated heterocycles. The molecule has 0 unspecified atom stereocenters. The molecule has 0 saturated carbocycles. The summed E-state index contributed by atoms with van der Waals surface area (Å²) in [5, 5.41) is 5.42. The zero-order chi connectivity index (χ0) is 19.8. The van der Waals surface area contributed by atoms with Crippen molar-refractivity contribution in [2.24, 2.45) is 0 Å². The van der Waals surface area contributed by atoms with E-state index in [1.54, 1.807) is 0 Å². The fourth-order valence-electron chi connectivity index (χ4n) is 2.10. The van der Waals surface area contributed by atoms with Gasteiger partial charge in [0.05, 0.1) is 0 Å². The summed E-state index contributed by atoms with van der Waals surface area (Å²) in [7, 11) is 0. The van der Waals surface area contributed by atoms with Crippen LogP contribution in [-0.2, 0) is 20.9 Å². The molecule has 0 aliphatic heterocycles. The molecule has 1 heterocycles. The van der Waals surface area contributed by atoms with E-state index >= 15 is 0 Å². The van der Waals surface area contributed by atoms with Crippen LogP contribution in [0.25, 0.3) is 0 Å². The Labute approximate surface area is 162 Å². The van der Waals surface area contributed by atoms with Gasteiger partial charge < -0.3 is 15.4 Å². The molecule has 0 radical (unpaired) electrons. The van der Waals surface area contributed by atoms with E-state index in [9.17, 15) is 14.4 Å². The van der Waals surface area contributed by atoms with E-state index in [-0.39, 0.29) is 12.2 Å². The van der Waals surface area contributed by atoms with E-state index in [0.29, 0.717) is 11.6 Å². The summed E-state index contributed by atoms with van der Waals surface area (Å²) in [5.41, 5.74) is 2.15. The lowest BCUT2D eigenvalue weighted by molar-refractivity contribution is -0.153. The second-order valence-corrected chi connectivity index (χ2v) is 6.31. The number of amides is 2. The van der Waals surface area contributed by atoms with E-state index in [2.05, 4.69) is 15.6 Å². The summed E-state index contributed by atoms with van der Waals surface area (Å²) >= 11 is 5.78. The molecule has 2 aromatic rings. The van der Waals surface area contributed by atoms with Crippen LogP contribution in [0, 0.1) is 6.92 Å². The number of hydrogen-bond donors (Lipinski definition) is 2. The number of aromatic nitrogens is 1. The van der Waals surface area contributed by atoms with Gasteiger partial charge in [0, 0.05) is 17.8 Å². The fourth-order valence-corrected chi connectivity index (χ4v) is 2.26. The van der Waals surface area contributed by atoms with E-state index in [4.69, 9.17) is 16.3 Å². The lowest BCUT2D eigenvalue weighted by Gasteiger charge is -2.14. The Kier molecular flexibility index (Phi) is 7.31. The average Bonchev–Trinajstić information content (AvgIpc) is 2.65. The molecule has 7 nitrogen and oxygen atoms in total. The smallest absolute Gasteiger partial charge is 0.326 e. The van der Waals surface area contributed by atoms with E-state index < -0.39 is 23.9 Å². The third-order valence-corrected chi connectivity index (χ3v) is 3.85. The molecule has 27 heavy (non-hydrogen) atoms. The van der Waals surface area contributed by atoms with Gasteiger partial charge in [-0.25, -0.2) is 0 Å². The van der Waals surface area contributed by atoms with Gasteiger partial charge in [0.1, 0.15) is 12.2 Å². The molecule has 1 atom stereocenters. The fraction of sp³-hybridized carbons (Fsp3) is 0.263. The van der Waals surface area contributed by atoms with Crippen molar-refractivity contribution in [3.05, 3.63) is 64.4 Å². The standard InChI is InChI=1S/C19H20ClN3O4/c1-12-3-5-14(6-4-12)10-22-18(25)13(2)27-17(24)11-23-19(26)16-9-15(20)7-8-21-16/h3-9,13H,10-11H2,1-2H3,(H,22,25)(H,23,26)/t13-/m0/s1. The van der Waals surface area contributed by atoms with Gasteiger partial charge in [0.25, 0.3) is 11.8 Å². The number of carbonyl (C=O) groups excluding carboxylic acids is 3. The number of pyridine rings is 1. The monoisotopic (exact) mass is 389 g/mol. The first-order valence-corrected chi connectivity index (χ1v) is 8.65. The Morgan fingerprint density at radius 3 is 2.52 bits per heavy atom. The summed E-state index contributed by atoms with van der Waals surface area (Å²) in [6.07, 6.45) is 0.403. The van der Waals surface area contributed by atoms with Gasteiger partial charge in [-0.15, -0.1) is 0 Å². The van der Waals surface area contributed by atoms with Gasteiger partial charge in [-0.2, -0.15) is 0 Å². The van der Waals surface area contributed by atoms with Crippen molar-refractivity contribution in [3.8, 4) is 0 Å². The molecule has 0 spiro atoms. The second-order valence-electron chi connectivity index (χ2n) is 5.88. The molecule has 2 amide bonds. The highest BCUT2D eigenvalue weighted by atomic mass is 35.5. The van der Waals surface area contributed by atoms with Gasteiger partial charge >= 0.3 is 5.97 Å². The lowest BCUT2D eigenvalue weighted by Crippen LogP contribution is -2.38. The highest BCUT2D eigenvalue weighted by Crippen LogP contribution is 2.07. The van der Waals surface area contributed by atoms with Crippen LogP contribution < -0.4 is 10.6 Å². The summed E-state index contributed by atoms with van der Waals surface area (Å²) in [5.74, 6) is -1.72. The van der Waals surface area contributed by atoms with Gasteiger partial charge in [0.15, 0.2) is 6.10 Å². The Morgan fingerprint density at radius 2 is 1.85 bits per heavy atom. The molecule has 1 aromatic heterocycles. The molecular formula is C19H20ClN3O4. The van der Waals surface area contributed by atoms with Crippen LogP contribution in [0.2, 0.25) is 5.02 Å². The minimum atomic E-state index is -0.982.